The van der Waals surface area contributed by atoms with Crippen LogP contribution in [0.25, 0.3) is 0 Å². The second kappa shape index (κ2) is 54.7. The van der Waals surface area contributed by atoms with Crippen LogP contribution in [0.3, 0.4) is 0 Å². The molecule has 3 rings (SSSR count). The summed E-state index contributed by atoms with van der Waals surface area (Å²) in [6, 6.07) is 35.4. The molecule has 0 aliphatic rings. The molecular weight excluding hydrogens is 1110 g/mol. The topological polar surface area (TPSA) is 27.7 Å². The lowest BCUT2D eigenvalue weighted by molar-refractivity contribution is 0.436. The van der Waals surface area contributed by atoms with E-state index in [1.54, 1.807) is 0 Å². The quantitative estimate of drug-likeness (QED) is 0.0416. The van der Waals surface area contributed by atoms with Crippen molar-refractivity contribution in [3.05, 3.63) is 91.0 Å². The van der Waals surface area contributed by atoms with Crippen molar-refractivity contribution in [3.63, 3.8) is 0 Å². The molecular formula is C78H141O3PS3. The van der Waals surface area contributed by atoms with Gasteiger partial charge in [-0.1, -0.05) is 397 Å². The summed E-state index contributed by atoms with van der Waals surface area (Å²) in [5.41, 5.74) is 0. The summed E-state index contributed by atoms with van der Waals surface area (Å²) >= 11 is 0. The fourth-order valence-corrected chi connectivity index (χ4v) is 27.2. The minimum absolute atomic E-state index is 1.10. The molecule has 3 nitrogen and oxygen atoms in total. The first-order valence-corrected chi connectivity index (χ1v) is 44.2. The monoisotopic (exact) mass is 1250 g/mol. The van der Waals surface area contributed by atoms with Gasteiger partial charge >= 0.3 is 8.60 Å². The Morgan fingerprint density at radius 1 is 0.200 bits per heavy atom. The minimum atomic E-state index is -1.84. The van der Waals surface area contributed by atoms with Gasteiger partial charge < -0.3 is 0 Å². The van der Waals surface area contributed by atoms with Crippen molar-refractivity contribution >= 4 is 39.5 Å². The third-order valence-corrected chi connectivity index (χ3v) is 32.1. The molecule has 0 bridgehead atoms. The SMILES string of the molecule is CCCCCCCCCCS(CCCCCCCCCC)(OP(OS(CCCCCCCCCC)(CCCCCCCCCC)c1ccccc1)OS(CCCCCCCCCC)(CCCCCCCCCC)c1ccccc1)c1ccccc1. The van der Waals surface area contributed by atoms with E-state index < -0.39 is 39.5 Å². The summed E-state index contributed by atoms with van der Waals surface area (Å²) < 4.78 is 25.7. The van der Waals surface area contributed by atoms with Crippen molar-refractivity contribution in [1.82, 2.24) is 0 Å². The van der Waals surface area contributed by atoms with E-state index in [1.807, 2.05) is 0 Å². The lowest BCUT2D eigenvalue weighted by atomic mass is 10.1. The van der Waals surface area contributed by atoms with Crippen molar-refractivity contribution in [2.45, 2.75) is 364 Å². The van der Waals surface area contributed by atoms with Crippen LogP contribution in [0, 0.1) is 0 Å². The Bertz CT molecular complexity index is 1580. The van der Waals surface area contributed by atoms with Gasteiger partial charge in [0.15, 0.2) is 0 Å². The lowest BCUT2D eigenvalue weighted by Gasteiger charge is -2.49. The first-order chi connectivity index (χ1) is 42.0. The van der Waals surface area contributed by atoms with Crippen molar-refractivity contribution in [2.75, 3.05) is 34.5 Å². The zero-order valence-corrected chi connectivity index (χ0v) is 60.6. The molecule has 0 aromatic heterocycles. The maximum atomic E-state index is 8.57. The summed E-state index contributed by atoms with van der Waals surface area (Å²) in [6.07, 6.45) is 63.5. The Morgan fingerprint density at radius 3 is 0.494 bits per heavy atom. The average molecular weight is 1250 g/mol. The van der Waals surface area contributed by atoms with Crippen LogP contribution in [-0.2, 0) is 11.9 Å². The van der Waals surface area contributed by atoms with E-state index in [2.05, 4.69) is 133 Å². The van der Waals surface area contributed by atoms with Gasteiger partial charge in [-0.3, -0.25) is 11.9 Å². The molecule has 0 aliphatic heterocycles. The Morgan fingerprint density at radius 2 is 0.341 bits per heavy atom. The van der Waals surface area contributed by atoms with Crippen LogP contribution in [0.15, 0.2) is 106 Å². The van der Waals surface area contributed by atoms with Crippen LogP contribution in [-0.4, -0.2) is 34.5 Å². The molecule has 0 unspecified atom stereocenters. The minimum Gasteiger partial charge on any atom is -0.257 e. The van der Waals surface area contributed by atoms with E-state index in [4.69, 9.17) is 11.9 Å². The highest BCUT2D eigenvalue weighted by molar-refractivity contribution is 8.35. The van der Waals surface area contributed by atoms with Crippen molar-refractivity contribution in [3.8, 4) is 0 Å². The summed E-state index contributed by atoms with van der Waals surface area (Å²) in [6.45, 7) is 14.1. The molecule has 0 heterocycles. The Kier molecular flexibility index (Phi) is 50.4. The van der Waals surface area contributed by atoms with E-state index in [1.165, 1.54) is 323 Å². The average Bonchev–Trinajstić information content (AvgIpc) is 2.63. The first kappa shape index (κ1) is 78.3. The van der Waals surface area contributed by atoms with Gasteiger partial charge in [-0.2, -0.15) is 0 Å². The molecule has 0 amide bonds. The van der Waals surface area contributed by atoms with Gasteiger partial charge in [0.25, 0.3) is 0 Å². The first-order valence-electron chi connectivity index (χ1n) is 37.4. The van der Waals surface area contributed by atoms with Crippen LogP contribution in [0.1, 0.15) is 350 Å². The Hall–Kier alpha value is -0.980. The normalized spacial score (nSPS) is 12.9. The second-order valence-electron chi connectivity index (χ2n) is 25.9. The summed E-state index contributed by atoms with van der Waals surface area (Å²) in [5, 5.41) is 0. The predicted molar refractivity (Wildman–Crippen MR) is 392 cm³/mol. The van der Waals surface area contributed by atoms with Crippen LogP contribution >= 0.6 is 39.5 Å². The Balaban J connectivity index is 2.32. The van der Waals surface area contributed by atoms with E-state index in [-0.39, 0.29) is 0 Å². The van der Waals surface area contributed by atoms with E-state index in [9.17, 15) is 0 Å². The number of unbranched alkanes of at least 4 members (excludes halogenated alkanes) is 42. The van der Waals surface area contributed by atoms with Gasteiger partial charge in [-0.15, -0.1) is 0 Å². The molecule has 0 spiro atoms. The molecule has 0 aliphatic carbocycles. The van der Waals surface area contributed by atoms with Gasteiger partial charge in [0.2, 0.25) is 0 Å². The van der Waals surface area contributed by atoms with Gasteiger partial charge in [-0.05, 0) is 74.9 Å². The number of hydrogen-bond donors (Lipinski definition) is 0. The molecule has 7 heteroatoms. The second-order valence-corrected chi connectivity index (χ2v) is 36.9. The van der Waals surface area contributed by atoms with Crippen molar-refractivity contribution in [1.29, 1.82) is 0 Å². The van der Waals surface area contributed by atoms with E-state index >= 15 is 0 Å². The maximum Gasteiger partial charge on any atom is 0.365 e. The highest BCUT2D eigenvalue weighted by atomic mass is 32.3. The standard InChI is InChI=1S/C78H141O3PS3/c1-7-13-19-25-31-37-43-58-70-83(76-64-52-49-53-65-76,71-59-44-38-32-26-20-14-8-2)79-82(80-84(77-66-54-50-55-67-77,72-60-45-39-33-27-21-15-9-3)73-61-46-40-34-28-22-16-10-4)81-85(78-68-56-51-57-69-78,74-62-47-41-35-29-23-17-11-5)75-63-48-42-36-30-24-18-12-6/h49-57,64-69H,7-48,58-63,70-75H2,1-6H3. The molecule has 85 heavy (non-hydrogen) atoms. The fourth-order valence-electron chi connectivity index (χ4n) is 12.6. The summed E-state index contributed by atoms with van der Waals surface area (Å²) in [7, 11) is -7.32. The lowest BCUT2D eigenvalue weighted by Crippen LogP contribution is -2.20. The predicted octanol–water partition coefficient (Wildman–Crippen LogP) is 29.4. The fraction of sp³-hybridized carbons (Fsp3) is 0.769. The van der Waals surface area contributed by atoms with Crippen LogP contribution in [0.5, 0.6) is 0 Å². The van der Waals surface area contributed by atoms with Crippen LogP contribution < -0.4 is 0 Å². The summed E-state index contributed by atoms with van der Waals surface area (Å²) in [5.74, 6) is 6.59. The Labute approximate surface area is 537 Å². The third-order valence-electron chi connectivity index (χ3n) is 18.1. The largest absolute Gasteiger partial charge is 0.365 e. The maximum absolute atomic E-state index is 8.57. The smallest absolute Gasteiger partial charge is 0.257 e. The van der Waals surface area contributed by atoms with Gasteiger partial charge in [0.1, 0.15) is 0 Å². The van der Waals surface area contributed by atoms with Gasteiger partial charge in [-0.25, -0.2) is 0 Å². The van der Waals surface area contributed by atoms with E-state index in [0.717, 1.165) is 34.5 Å². The summed E-state index contributed by atoms with van der Waals surface area (Å²) in [4.78, 5) is 4.29. The molecule has 3 aromatic rings. The third kappa shape index (κ3) is 36.6. The highest BCUT2D eigenvalue weighted by Gasteiger charge is 2.42. The molecule has 0 N–H and O–H groups in total. The molecule has 0 saturated heterocycles. The molecule has 0 radical (unpaired) electrons. The van der Waals surface area contributed by atoms with E-state index in [0.29, 0.717) is 0 Å². The highest BCUT2D eigenvalue weighted by Crippen LogP contribution is 2.78. The van der Waals surface area contributed by atoms with Crippen LogP contribution in [0.4, 0.5) is 0 Å². The number of benzene rings is 3. The van der Waals surface area contributed by atoms with Crippen molar-refractivity contribution < 1.29 is 11.9 Å². The zero-order valence-electron chi connectivity index (χ0n) is 57.2. The number of hydrogen-bond acceptors (Lipinski definition) is 3. The zero-order chi connectivity index (χ0) is 60.7. The van der Waals surface area contributed by atoms with Crippen molar-refractivity contribution in [2.24, 2.45) is 0 Å². The number of rotatable bonds is 63. The molecule has 0 fully saturated rings. The molecule has 3 aromatic carbocycles. The molecule has 0 atom stereocenters. The van der Waals surface area contributed by atoms with Gasteiger partial charge in [0, 0.05) is 49.2 Å². The van der Waals surface area contributed by atoms with Crippen LogP contribution in [0.2, 0.25) is 0 Å². The van der Waals surface area contributed by atoms with Gasteiger partial charge in [0.05, 0.1) is 0 Å². The molecule has 494 valence electrons. The molecule has 0 saturated carbocycles.